The molecule has 0 radical (unpaired) electrons. The largest absolute Gasteiger partial charge is 0.508 e. The molecule has 0 bridgehead atoms. The van der Waals surface area contributed by atoms with Gasteiger partial charge in [-0.2, -0.15) is 13.2 Å². The van der Waals surface area contributed by atoms with Gasteiger partial charge in [-0.05, 0) is 42.8 Å². The number of fused-ring (bicyclic) bond motifs is 1. The van der Waals surface area contributed by atoms with E-state index in [-0.39, 0.29) is 28.2 Å². The highest BCUT2D eigenvalue weighted by Gasteiger charge is 2.30. The lowest BCUT2D eigenvalue weighted by atomic mass is 9.96. The molecule has 0 fully saturated rings. The van der Waals surface area contributed by atoms with E-state index in [4.69, 9.17) is 0 Å². The van der Waals surface area contributed by atoms with Gasteiger partial charge in [-0.1, -0.05) is 42.1 Å². The second kappa shape index (κ2) is 8.74. The number of phenols is 1. The van der Waals surface area contributed by atoms with E-state index >= 15 is 0 Å². The van der Waals surface area contributed by atoms with Gasteiger partial charge >= 0.3 is 6.18 Å². The Morgan fingerprint density at radius 1 is 1.09 bits per heavy atom. The van der Waals surface area contributed by atoms with Gasteiger partial charge in [0.15, 0.2) is 10.9 Å². The van der Waals surface area contributed by atoms with E-state index in [1.165, 1.54) is 17.8 Å². The van der Waals surface area contributed by atoms with Gasteiger partial charge < -0.3 is 10.1 Å². The maximum absolute atomic E-state index is 12.8. The van der Waals surface area contributed by atoms with Crippen LogP contribution in [0.1, 0.15) is 32.6 Å². The predicted octanol–water partition coefficient (Wildman–Crippen LogP) is 5.48. The van der Waals surface area contributed by atoms with Crippen LogP contribution < -0.4 is 5.56 Å². The number of benzene rings is 3. The number of para-hydroxylation sites is 1. The Morgan fingerprint density at radius 3 is 2.48 bits per heavy atom. The van der Waals surface area contributed by atoms with Crippen LogP contribution in [0.15, 0.2) is 70.6 Å². The van der Waals surface area contributed by atoms with E-state index in [1.54, 1.807) is 37.3 Å². The van der Waals surface area contributed by atoms with Crippen molar-refractivity contribution in [1.29, 1.82) is 0 Å². The lowest BCUT2D eigenvalue weighted by molar-refractivity contribution is -0.137. The number of phenolic OH excluding ortho intramolecular Hbond substituents is 1. The molecular weight excluding hydrogens is 453 g/mol. The summed E-state index contributed by atoms with van der Waals surface area (Å²) < 4.78 is 38.3. The van der Waals surface area contributed by atoms with Gasteiger partial charge in [-0.3, -0.25) is 9.59 Å². The summed E-state index contributed by atoms with van der Waals surface area (Å²) in [5.74, 6) is -0.342. The molecule has 0 aliphatic carbocycles. The Hall–Kier alpha value is -3.59. The molecule has 0 unspecified atom stereocenters. The molecule has 0 spiro atoms. The second-order valence-corrected chi connectivity index (χ2v) is 8.34. The van der Waals surface area contributed by atoms with Crippen molar-refractivity contribution < 1.29 is 23.1 Å². The Labute approximate surface area is 190 Å². The summed E-state index contributed by atoms with van der Waals surface area (Å²) in [5, 5.41) is 11.3. The molecule has 4 rings (SSSR count). The number of carbonyl (C=O) groups excluding carboxylic acids is 1. The molecule has 1 aromatic heterocycles. The summed E-state index contributed by atoms with van der Waals surface area (Å²) in [6.45, 7) is 1.68. The summed E-state index contributed by atoms with van der Waals surface area (Å²) >= 11 is 1.22. The van der Waals surface area contributed by atoms with Crippen LogP contribution in [0.2, 0.25) is 0 Å². The van der Waals surface area contributed by atoms with Gasteiger partial charge in [0.1, 0.15) is 5.75 Å². The summed E-state index contributed by atoms with van der Waals surface area (Å²) in [5.41, 5.74) is 0.823. The number of aromatic hydroxyl groups is 1. The lowest BCUT2D eigenvalue weighted by Crippen LogP contribution is -2.09. The fourth-order valence-corrected chi connectivity index (χ4v) is 4.21. The number of aryl methyl sites for hydroxylation is 1. The molecule has 2 N–H and O–H groups in total. The number of thioether (sulfide) groups is 1. The summed E-state index contributed by atoms with van der Waals surface area (Å²) in [7, 11) is 0. The summed E-state index contributed by atoms with van der Waals surface area (Å²) in [4.78, 5) is 32.1. The van der Waals surface area contributed by atoms with E-state index in [9.17, 15) is 27.9 Å². The van der Waals surface area contributed by atoms with Crippen LogP contribution >= 0.6 is 11.8 Å². The van der Waals surface area contributed by atoms with E-state index in [0.717, 1.165) is 24.3 Å². The Kier molecular flexibility index (Phi) is 5.99. The average Bonchev–Trinajstić information content (AvgIpc) is 2.78. The summed E-state index contributed by atoms with van der Waals surface area (Å²) in [6.07, 6.45) is -4.49. The maximum Gasteiger partial charge on any atom is 0.416 e. The number of nitrogens with zero attached hydrogens (tertiary/aromatic N) is 1. The number of hydrogen-bond acceptors (Lipinski definition) is 5. The molecule has 3 aromatic carbocycles. The van der Waals surface area contributed by atoms with E-state index in [1.807, 2.05) is 0 Å². The van der Waals surface area contributed by atoms with Crippen molar-refractivity contribution in [3.8, 4) is 5.75 Å². The van der Waals surface area contributed by atoms with Crippen molar-refractivity contribution in [2.75, 3.05) is 0 Å². The SMILES string of the molecule is Cc1cc(CSc2nc3ccccc3c(=O)[nH]2)c(O)cc1C(=O)c1ccc(C(F)(F)F)cc1. The molecule has 4 aromatic rings. The van der Waals surface area contributed by atoms with E-state index in [2.05, 4.69) is 9.97 Å². The fourth-order valence-electron chi connectivity index (χ4n) is 3.36. The molecule has 0 amide bonds. The van der Waals surface area contributed by atoms with Gasteiger partial charge in [0.25, 0.3) is 5.56 Å². The number of aromatic amines is 1. The molecule has 0 aliphatic heterocycles. The molecule has 0 aliphatic rings. The molecule has 5 nitrogen and oxygen atoms in total. The number of H-pyrrole nitrogens is 1. The van der Waals surface area contributed by atoms with E-state index in [0.29, 0.717) is 27.2 Å². The van der Waals surface area contributed by atoms with Gasteiger partial charge in [-0.25, -0.2) is 4.98 Å². The lowest BCUT2D eigenvalue weighted by Gasteiger charge is -2.11. The first kappa shape index (κ1) is 22.6. The number of carbonyl (C=O) groups is 1. The van der Waals surface area contributed by atoms with Crippen molar-refractivity contribution in [3.05, 3.63) is 98.8 Å². The molecule has 1 heterocycles. The standard InChI is InChI=1S/C24H17F3N2O3S/c1-13-10-15(12-33-23-28-19-5-3-2-4-17(19)22(32)29-23)20(30)11-18(13)21(31)14-6-8-16(9-7-14)24(25,26)27/h2-11,30H,12H2,1H3,(H,28,29,32). The highest BCUT2D eigenvalue weighted by atomic mass is 32.2. The van der Waals surface area contributed by atoms with Crippen molar-refractivity contribution in [2.45, 2.75) is 24.0 Å². The molecular formula is C24H17F3N2O3S. The van der Waals surface area contributed by atoms with Crippen LogP contribution in [-0.2, 0) is 11.9 Å². The highest BCUT2D eigenvalue weighted by Crippen LogP contribution is 2.31. The topological polar surface area (TPSA) is 83.1 Å². The highest BCUT2D eigenvalue weighted by molar-refractivity contribution is 7.98. The Morgan fingerprint density at radius 2 is 1.79 bits per heavy atom. The number of halogens is 3. The number of nitrogens with one attached hydrogen (secondary N) is 1. The minimum Gasteiger partial charge on any atom is -0.508 e. The van der Waals surface area contributed by atoms with Crippen molar-refractivity contribution in [2.24, 2.45) is 0 Å². The zero-order valence-electron chi connectivity index (χ0n) is 17.2. The Balaban J connectivity index is 1.55. The normalized spacial score (nSPS) is 11.6. The van der Waals surface area contributed by atoms with Crippen molar-refractivity contribution in [1.82, 2.24) is 9.97 Å². The number of ketones is 1. The van der Waals surface area contributed by atoms with Crippen LogP contribution in [0.5, 0.6) is 5.75 Å². The van der Waals surface area contributed by atoms with Crippen molar-refractivity contribution >= 4 is 28.4 Å². The average molecular weight is 470 g/mol. The third-order valence-electron chi connectivity index (χ3n) is 5.10. The predicted molar refractivity (Wildman–Crippen MR) is 120 cm³/mol. The number of alkyl halides is 3. The summed E-state index contributed by atoms with van der Waals surface area (Å²) in [6, 6.07) is 13.8. The molecule has 0 saturated heterocycles. The smallest absolute Gasteiger partial charge is 0.416 e. The van der Waals surface area contributed by atoms with Crippen LogP contribution in [0.25, 0.3) is 10.9 Å². The first-order chi connectivity index (χ1) is 15.6. The van der Waals surface area contributed by atoms with Gasteiger partial charge in [0.05, 0.1) is 16.5 Å². The van der Waals surface area contributed by atoms with E-state index < -0.39 is 17.5 Å². The van der Waals surface area contributed by atoms with Crippen molar-refractivity contribution in [3.63, 3.8) is 0 Å². The van der Waals surface area contributed by atoms with Gasteiger partial charge in [0, 0.05) is 22.4 Å². The number of hydrogen-bond donors (Lipinski definition) is 2. The third-order valence-corrected chi connectivity index (χ3v) is 6.02. The van der Waals surface area contributed by atoms with Gasteiger partial charge in [-0.15, -0.1) is 0 Å². The van der Waals surface area contributed by atoms with Crippen LogP contribution in [0.3, 0.4) is 0 Å². The van der Waals surface area contributed by atoms with Crippen LogP contribution in [0.4, 0.5) is 13.2 Å². The maximum atomic E-state index is 12.8. The Bertz CT molecular complexity index is 1410. The zero-order valence-corrected chi connectivity index (χ0v) is 18.1. The minimum absolute atomic E-state index is 0.0885. The first-order valence-electron chi connectivity index (χ1n) is 9.80. The monoisotopic (exact) mass is 470 g/mol. The molecule has 33 heavy (non-hydrogen) atoms. The third kappa shape index (κ3) is 4.78. The van der Waals surface area contributed by atoms with Gasteiger partial charge in [0.2, 0.25) is 0 Å². The molecule has 0 saturated carbocycles. The number of rotatable bonds is 5. The second-order valence-electron chi connectivity index (χ2n) is 7.38. The number of aromatic nitrogens is 2. The fraction of sp³-hybridized carbons (Fsp3) is 0.125. The van der Waals surface area contributed by atoms with Crippen LogP contribution in [-0.4, -0.2) is 20.9 Å². The quantitative estimate of drug-likeness (QED) is 0.229. The molecule has 9 heteroatoms. The first-order valence-corrected chi connectivity index (χ1v) is 10.8. The molecule has 168 valence electrons. The zero-order chi connectivity index (χ0) is 23.8. The molecule has 0 atom stereocenters. The minimum atomic E-state index is -4.49. The van der Waals surface area contributed by atoms with Crippen LogP contribution in [0, 0.1) is 6.92 Å².